The normalized spacial score (nSPS) is 12.5. The number of benzene rings is 1. The average molecular weight is 325 g/mol. The highest BCUT2D eigenvalue weighted by Crippen LogP contribution is 2.12. The first-order valence-electron chi connectivity index (χ1n) is 5.60. The number of hydrogen-bond donors (Lipinski definition) is 4. The van der Waals surface area contributed by atoms with Crippen molar-refractivity contribution in [2.75, 3.05) is 0 Å². The highest BCUT2D eigenvalue weighted by molar-refractivity contribution is 5.73. The molecule has 0 spiro atoms. The molecule has 0 aliphatic carbocycles. The molecule has 8 N–H and O–H groups in total. The molecule has 1 aromatic rings. The molecule has 0 aliphatic rings. The summed E-state index contributed by atoms with van der Waals surface area (Å²) in [6.07, 6.45) is 0.579. The monoisotopic (exact) mass is 324 g/mol. The molecular formula is C12H18Cl2N2O4. The van der Waals surface area contributed by atoms with Gasteiger partial charge in [0.05, 0.1) is 0 Å². The predicted molar refractivity (Wildman–Crippen MR) is 62.5 cm³/mol. The van der Waals surface area contributed by atoms with Crippen LogP contribution in [0.1, 0.15) is 11.1 Å². The number of carboxylic acids is 2. The number of aliphatic carboxylic acids is 2. The van der Waals surface area contributed by atoms with Gasteiger partial charge in [0.15, 0.2) is 12.1 Å². The predicted octanol–water partition coefficient (Wildman–Crippen LogP) is -7.83. The fraction of sp³-hybridized carbons (Fsp3) is 0.333. The second kappa shape index (κ2) is 9.55. The zero-order valence-electron chi connectivity index (χ0n) is 10.8. The first-order chi connectivity index (χ1) is 8.41. The highest BCUT2D eigenvalue weighted by Gasteiger charge is 2.21. The van der Waals surface area contributed by atoms with Gasteiger partial charge in [0.25, 0.3) is 0 Å². The Balaban J connectivity index is 0. The van der Waals surface area contributed by atoms with Gasteiger partial charge >= 0.3 is 11.9 Å². The SMILES string of the molecule is [Cl-].[Cl-].[NH3+]C(Cc1ccccc1CC([NH3+])C(=O)O)C(=O)O. The minimum absolute atomic E-state index is 0. The summed E-state index contributed by atoms with van der Waals surface area (Å²) in [6.45, 7) is 0. The van der Waals surface area contributed by atoms with E-state index in [2.05, 4.69) is 11.5 Å². The third kappa shape index (κ3) is 6.21. The van der Waals surface area contributed by atoms with Crippen molar-refractivity contribution in [2.45, 2.75) is 24.9 Å². The van der Waals surface area contributed by atoms with E-state index in [0.717, 1.165) is 11.1 Å². The van der Waals surface area contributed by atoms with Crippen LogP contribution in [0.5, 0.6) is 0 Å². The van der Waals surface area contributed by atoms with Crippen LogP contribution in [0.3, 0.4) is 0 Å². The molecule has 2 unspecified atom stereocenters. The average Bonchev–Trinajstić information content (AvgIpc) is 2.31. The maximum Gasteiger partial charge on any atom is 0.362 e. The summed E-state index contributed by atoms with van der Waals surface area (Å²) in [6, 6.07) is 5.72. The van der Waals surface area contributed by atoms with Crippen molar-refractivity contribution in [1.29, 1.82) is 0 Å². The lowest BCUT2D eigenvalue weighted by Gasteiger charge is -2.11. The number of hydrogen-bond acceptors (Lipinski definition) is 2. The third-order valence-electron chi connectivity index (χ3n) is 2.75. The Morgan fingerprint density at radius 3 is 1.45 bits per heavy atom. The van der Waals surface area contributed by atoms with E-state index >= 15 is 0 Å². The van der Waals surface area contributed by atoms with Crippen molar-refractivity contribution in [3.05, 3.63) is 35.4 Å². The first kappa shape index (κ1) is 21.0. The molecule has 0 heterocycles. The standard InChI is InChI=1S/C12H16N2O4.2ClH/c13-9(11(15)16)5-7-3-1-2-4-8(7)6-10(14)12(17)18;;/h1-4,9-10H,5-6,13-14H2,(H,15,16)(H,17,18);2*1H. The first-order valence-corrected chi connectivity index (χ1v) is 5.60. The molecule has 6 nitrogen and oxygen atoms in total. The van der Waals surface area contributed by atoms with E-state index in [1.807, 2.05) is 0 Å². The van der Waals surface area contributed by atoms with E-state index in [9.17, 15) is 9.59 Å². The molecule has 20 heavy (non-hydrogen) atoms. The number of halogens is 2. The van der Waals surface area contributed by atoms with Crippen LogP contribution < -0.4 is 36.3 Å². The maximum absolute atomic E-state index is 10.8. The molecule has 114 valence electrons. The van der Waals surface area contributed by atoms with Crippen LogP contribution in [0.2, 0.25) is 0 Å². The molecule has 0 amide bonds. The smallest absolute Gasteiger partial charge is 0.362 e. The van der Waals surface area contributed by atoms with Gasteiger partial charge in [0.2, 0.25) is 0 Å². The Morgan fingerprint density at radius 1 is 0.900 bits per heavy atom. The Kier molecular flexibility index (Phi) is 10.0. The Hall–Kier alpha value is -1.34. The van der Waals surface area contributed by atoms with Crippen LogP contribution in [-0.2, 0) is 22.4 Å². The summed E-state index contributed by atoms with van der Waals surface area (Å²) in [5, 5.41) is 17.7. The van der Waals surface area contributed by atoms with Crippen molar-refractivity contribution in [2.24, 2.45) is 0 Å². The molecule has 1 rings (SSSR count). The van der Waals surface area contributed by atoms with Crippen LogP contribution in [0.25, 0.3) is 0 Å². The maximum atomic E-state index is 10.8. The summed E-state index contributed by atoms with van der Waals surface area (Å²) < 4.78 is 0. The van der Waals surface area contributed by atoms with Gasteiger partial charge in [-0.25, -0.2) is 9.59 Å². The van der Waals surface area contributed by atoms with E-state index in [0.29, 0.717) is 0 Å². The van der Waals surface area contributed by atoms with Crippen LogP contribution in [0, 0.1) is 0 Å². The third-order valence-corrected chi connectivity index (χ3v) is 2.75. The minimum Gasteiger partial charge on any atom is -1.00 e. The van der Waals surface area contributed by atoms with Crippen LogP contribution in [-0.4, -0.2) is 34.2 Å². The Morgan fingerprint density at radius 2 is 1.20 bits per heavy atom. The largest absolute Gasteiger partial charge is 1.00 e. The molecule has 0 fully saturated rings. The number of carbonyl (C=O) groups is 2. The lowest BCUT2D eigenvalue weighted by atomic mass is 9.96. The van der Waals surface area contributed by atoms with Gasteiger partial charge in [-0.2, -0.15) is 0 Å². The summed E-state index contributed by atoms with van der Waals surface area (Å²) in [5.74, 6) is -1.93. The summed E-state index contributed by atoms with van der Waals surface area (Å²) in [4.78, 5) is 21.6. The van der Waals surface area contributed by atoms with E-state index < -0.39 is 24.0 Å². The Bertz CT molecular complexity index is 416. The van der Waals surface area contributed by atoms with Gasteiger partial charge in [-0.05, 0) is 11.1 Å². The molecule has 2 atom stereocenters. The van der Waals surface area contributed by atoms with Crippen LogP contribution in [0.4, 0.5) is 0 Å². The summed E-state index contributed by atoms with van der Waals surface area (Å²) in [7, 11) is 0. The topological polar surface area (TPSA) is 130 Å². The van der Waals surface area contributed by atoms with Crippen molar-refractivity contribution in [3.8, 4) is 0 Å². The number of rotatable bonds is 6. The van der Waals surface area contributed by atoms with Gasteiger partial charge in [-0.15, -0.1) is 0 Å². The zero-order chi connectivity index (χ0) is 13.7. The molecule has 1 aromatic carbocycles. The molecule has 0 radical (unpaired) electrons. The molecule has 0 bridgehead atoms. The van der Waals surface area contributed by atoms with Gasteiger partial charge < -0.3 is 46.5 Å². The lowest BCUT2D eigenvalue weighted by molar-refractivity contribution is -0.408. The minimum atomic E-state index is -0.964. The fourth-order valence-electron chi connectivity index (χ4n) is 1.66. The number of carboxylic acid groups (broad SMARTS) is 2. The van der Waals surface area contributed by atoms with Crippen molar-refractivity contribution < 1.29 is 56.1 Å². The molecule has 0 saturated heterocycles. The second-order valence-electron chi connectivity index (χ2n) is 4.25. The molecule has 8 heteroatoms. The van der Waals surface area contributed by atoms with Gasteiger partial charge in [0, 0.05) is 12.8 Å². The summed E-state index contributed by atoms with van der Waals surface area (Å²) >= 11 is 0. The van der Waals surface area contributed by atoms with Gasteiger partial charge in [0.1, 0.15) is 0 Å². The van der Waals surface area contributed by atoms with Gasteiger partial charge in [-0.3, -0.25) is 0 Å². The molecule has 0 aromatic heterocycles. The van der Waals surface area contributed by atoms with Crippen molar-refractivity contribution in [1.82, 2.24) is 0 Å². The van der Waals surface area contributed by atoms with Gasteiger partial charge in [-0.1, -0.05) is 24.3 Å². The second-order valence-corrected chi connectivity index (χ2v) is 4.25. The van der Waals surface area contributed by atoms with E-state index in [1.54, 1.807) is 24.3 Å². The highest BCUT2D eigenvalue weighted by atomic mass is 35.5. The van der Waals surface area contributed by atoms with Crippen molar-refractivity contribution >= 4 is 11.9 Å². The summed E-state index contributed by atoms with van der Waals surface area (Å²) in [5.41, 5.74) is 8.74. The van der Waals surface area contributed by atoms with E-state index in [4.69, 9.17) is 10.2 Å². The van der Waals surface area contributed by atoms with E-state index in [-0.39, 0.29) is 37.7 Å². The van der Waals surface area contributed by atoms with Crippen molar-refractivity contribution in [3.63, 3.8) is 0 Å². The van der Waals surface area contributed by atoms with Crippen LogP contribution in [0.15, 0.2) is 24.3 Å². The fourth-order valence-corrected chi connectivity index (χ4v) is 1.66. The number of quaternary nitrogens is 2. The lowest BCUT2D eigenvalue weighted by Crippen LogP contribution is -3.00. The molecule has 0 saturated carbocycles. The molecule has 0 aliphatic heterocycles. The quantitative estimate of drug-likeness (QED) is 0.414. The van der Waals surface area contributed by atoms with E-state index in [1.165, 1.54) is 0 Å². The zero-order valence-corrected chi connectivity index (χ0v) is 12.3. The molecular weight excluding hydrogens is 307 g/mol. The van der Waals surface area contributed by atoms with Crippen LogP contribution >= 0.6 is 0 Å². The Labute approximate surface area is 129 Å².